The average molecular weight is 288 g/mol. The number of hydrogen-bond acceptors (Lipinski definition) is 4. The first-order valence-corrected chi connectivity index (χ1v) is 6.32. The molecule has 0 unspecified atom stereocenters. The second-order valence-electron chi connectivity index (χ2n) is 3.74. The van der Waals surface area contributed by atoms with E-state index >= 15 is 0 Å². The van der Waals surface area contributed by atoms with Crippen LogP contribution in [0.15, 0.2) is 12.1 Å². The molecular formula is C12H15Cl2N3O. The highest BCUT2D eigenvalue weighted by atomic mass is 35.5. The van der Waals surface area contributed by atoms with E-state index in [2.05, 4.69) is 16.0 Å². The van der Waals surface area contributed by atoms with Gasteiger partial charge in [-0.3, -0.25) is 4.90 Å². The molecule has 0 amide bonds. The van der Waals surface area contributed by atoms with Gasteiger partial charge in [0.2, 0.25) is 0 Å². The third-order valence-corrected chi connectivity index (χ3v) is 2.96. The number of aromatic nitrogens is 1. The van der Waals surface area contributed by atoms with Gasteiger partial charge in [-0.2, -0.15) is 5.26 Å². The van der Waals surface area contributed by atoms with Crippen molar-refractivity contribution in [2.45, 2.75) is 13.0 Å². The molecular weight excluding hydrogens is 273 g/mol. The van der Waals surface area contributed by atoms with Gasteiger partial charge in [-0.05, 0) is 12.1 Å². The summed E-state index contributed by atoms with van der Waals surface area (Å²) < 4.78 is 5.04. The topological polar surface area (TPSA) is 49.1 Å². The molecule has 0 radical (unpaired) electrons. The molecule has 0 N–H and O–H groups in total. The van der Waals surface area contributed by atoms with E-state index < -0.39 is 0 Å². The van der Waals surface area contributed by atoms with Gasteiger partial charge in [-0.1, -0.05) is 23.2 Å². The molecule has 0 spiro atoms. The molecule has 0 aliphatic heterocycles. The van der Waals surface area contributed by atoms with Crippen LogP contribution in [-0.4, -0.2) is 36.7 Å². The molecule has 0 atom stereocenters. The smallest absolute Gasteiger partial charge is 0.129 e. The molecule has 0 fully saturated rings. The number of hydrogen-bond donors (Lipinski definition) is 0. The highest BCUT2D eigenvalue weighted by molar-refractivity contribution is 6.32. The molecule has 4 nitrogen and oxygen atoms in total. The van der Waals surface area contributed by atoms with Crippen LogP contribution in [0.2, 0.25) is 10.2 Å². The molecule has 0 saturated carbocycles. The van der Waals surface area contributed by atoms with E-state index in [0.717, 1.165) is 12.2 Å². The fourth-order valence-corrected chi connectivity index (χ4v) is 1.81. The fourth-order valence-electron chi connectivity index (χ4n) is 1.48. The molecule has 0 bridgehead atoms. The van der Waals surface area contributed by atoms with Gasteiger partial charge in [0.25, 0.3) is 0 Å². The molecule has 0 saturated heterocycles. The van der Waals surface area contributed by atoms with Crippen molar-refractivity contribution in [2.24, 2.45) is 0 Å². The Bertz CT molecular complexity index is 420. The zero-order chi connectivity index (χ0) is 13.4. The van der Waals surface area contributed by atoms with Gasteiger partial charge in [0.15, 0.2) is 0 Å². The van der Waals surface area contributed by atoms with Crippen molar-refractivity contribution in [1.82, 2.24) is 9.88 Å². The average Bonchev–Trinajstić information content (AvgIpc) is 2.37. The fraction of sp³-hybridized carbons (Fsp3) is 0.500. The third kappa shape index (κ3) is 5.19. The molecule has 0 aliphatic carbocycles. The Hall–Kier alpha value is -0.860. The van der Waals surface area contributed by atoms with Crippen LogP contribution in [-0.2, 0) is 11.3 Å². The summed E-state index contributed by atoms with van der Waals surface area (Å²) in [6.07, 6.45) is 0.460. The van der Waals surface area contributed by atoms with Crippen LogP contribution in [0.25, 0.3) is 0 Å². The third-order valence-electron chi connectivity index (χ3n) is 2.41. The zero-order valence-electron chi connectivity index (χ0n) is 10.2. The Morgan fingerprint density at radius 1 is 1.39 bits per heavy atom. The summed E-state index contributed by atoms with van der Waals surface area (Å²) in [5, 5.41) is 9.63. The monoisotopic (exact) mass is 287 g/mol. The summed E-state index contributed by atoms with van der Waals surface area (Å²) in [4.78, 5) is 6.26. The van der Waals surface area contributed by atoms with E-state index in [1.807, 2.05) is 0 Å². The summed E-state index contributed by atoms with van der Waals surface area (Å²) in [5.74, 6) is 0. The molecule has 1 rings (SSSR count). The number of rotatable bonds is 7. The van der Waals surface area contributed by atoms with Gasteiger partial charge in [0, 0.05) is 33.2 Å². The number of nitrogens with zero attached hydrogens (tertiary/aromatic N) is 3. The summed E-state index contributed by atoms with van der Waals surface area (Å²) in [6.45, 7) is 2.54. The Kier molecular flexibility index (Phi) is 6.99. The Labute approximate surface area is 117 Å². The standard InChI is InChI=1S/C12H15Cl2N3O/c1-18-8-7-17(6-2-5-15)9-11-10(13)3-4-12(14)16-11/h3-4H,2,6-9H2,1H3. The van der Waals surface area contributed by atoms with E-state index in [4.69, 9.17) is 33.2 Å². The quantitative estimate of drug-likeness (QED) is 0.724. The number of ether oxygens (including phenoxy) is 1. The second kappa shape index (κ2) is 8.28. The van der Waals surface area contributed by atoms with Crippen LogP contribution in [0.3, 0.4) is 0 Å². The molecule has 1 aromatic heterocycles. The summed E-state index contributed by atoms with van der Waals surface area (Å²) >= 11 is 11.9. The predicted molar refractivity (Wildman–Crippen MR) is 71.6 cm³/mol. The molecule has 1 heterocycles. The minimum Gasteiger partial charge on any atom is -0.383 e. The number of pyridine rings is 1. The highest BCUT2D eigenvalue weighted by Crippen LogP contribution is 2.18. The van der Waals surface area contributed by atoms with Crippen molar-refractivity contribution in [2.75, 3.05) is 26.8 Å². The number of nitriles is 1. The second-order valence-corrected chi connectivity index (χ2v) is 4.53. The summed E-state index contributed by atoms with van der Waals surface area (Å²) in [5.41, 5.74) is 0.721. The molecule has 1 aromatic rings. The van der Waals surface area contributed by atoms with Crippen molar-refractivity contribution < 1.29 is 4.74 Å². The van der Waals surface area contributed by atoms with E-state index in [0.29, 0.717) is 36.3 Å². The summed E-state index contributed by atoms with van der Waals surface area (Å²) in [7, 11) is 1.65. The van der Waals surface area contributed by atoms with Crippen molar-refractivity contribution in [3.63, 3.8) is 0 Å². The van der Waals surface area contributed by atoms with Crippen molar-refractivity contribution >= 4 is 23.2 Å². The number of halogens is 2. The minimum absolute atomic E-state index is 0.418. The first-order chi connectivity index (χ1) is 8.67. The molecule has 98 valence electrons. The van der Waals surface area contributed by atoms with E-state index in [-0.39, 0.29) is 0 Å². The van der Waals surface area contributed by atoms with Crippen molar-refractivity contribution in [3.05, 3.63) is 28.0 Å². The number of methoxy groups -OCH3 is 1. The van der Waals surface area contributed by atoms with Gasteiger partial charge in [-0.15, -0.1) is 0 Å². The first-order valence-electron chi connectivity index (χ1n) is 5.56. The zero-order valence-corrected chi connectivity index (χ0v) is 11.7. The van der Waals surface area contributed by atoms with Crippen LogP contribution < -0.4 is 0 Å². The lowest BCUT2D eigenvalue weighted by molar-refractivity contribution is 0.144. The van der Waals surface area contributed by atoms with E-state index in [9.17, 15) is 0 Å². The SMILES string of the molecule is COCCN(CCC#N)Cc1nc(Cl)ccc1Cl. The Morgan fingerprint density at radius 3 is 2.83 bits per heavy atom. The molecule has 6 heteroatoms. The van der Waals surface area contributed by atoms with Crippen LogP contribution in [0.1, 0.15) is 12.1 Å². The predicted octanol–water partition coefficient (Wildman–Crippen LogP) is 2.75. The molecule has 18 heavy (non-hydrogen) atoms. The van der Waals surface area contributed by atoms with Crippen LogP contribution in [0.4, 0.5) is 0 Å². The Balaban J connectivity index is 2.68. The van der Waals surface area contributed by atoms with Gasteiger partial charge < -0.3 is 4.74 Å². The van der Waals surface area contributed by atoms with E-state index in [1.54, 1.807) is 19.2 Å². The van der Waals surface area contributed by atoms with Gasteiger partial charge in [-0.25, -0.2) is 4.98 Å². The van der Waals surface area contributed by atoms with Gasteiger partial charge >= 0.3 is 0 Å². The lowest BCUT2D eigenvalue weighted by atomic mass is 10.3. The maximum absolute atomic E-state index is 8.63. The van der Waals surface area contributed by atoms with Gasteiger partial charge in [0.1, 0.15) is 5.15 Å². The van der Waals surface area contributed by atoms with Crippen LogP contribution >= 0.6 is 23.2 Å². The van der Waals surface area contributed by atoms with Crippen molar-refractivity contribution in [1.29, 1.82) is 5.26 Å². The maximum atomic E-state index is 8.63. The normalized spacial score (nSPS) is 10.6. The van der Waals surface area contributed by atoms with Crippen molar-refractivity contribution in [3.8, 4) is 6.07 Å². The minimum atomic E-state index is 0.418. The maximum Gasteiger partial charge on any atom is 0.129 e. The van der Waals surface area contributed by atoms with E-state index in [1.165, 1.54) is 0 Å². The molecule has 0 aliphatic rings. The lowest BCUT2D eigenvalue weighted by Gasteiger charge is -2.20. The summed E-state index contributed by atoms with van der Waals surface area (Å²) in [6, 6.07) is 5.51. The largest absolute Gasteiger partial charge is 0.383 e. The van der Waals surface area contributed by atoms with Crippen LogP contribution in [0, 0.1) is 11.3 Å². The molecule has 0 aromatic carbocycles. The first kappa shape index (κ1) is 15.2. The lowest BCUT2D eigenvalue weighted by Crippen LogP contribution is -2.28. The van der Waals surface area contributed by atoms with Gasteiger partial charge in [0.05, 0.1) is 23.4 Å². The Morgan fingerprint density at radius 2 is 2.17 bits per heavy atom. The van der Waals surface area contributed by atoms with Crippen LogP contribution in [0.5, 0.6) is 0 Å². The highest BCUT2D eigenvalue weighted by Gasteiger charge is 2.10.